The molecular formula is C34H67N3O5. The van der Waals surface area contributed by atoms with Crippen LogP contribution < -0.4 is 16.0 Å². The molecule has 0 aliphatic rings. The Morgan fingerprint density at radius 2 is 0.905 bits per heavy atom. The molecule has 1 atom stereocenters. The average Bonchev–Trinajstić information content (AvgIpc) is 2.87. The standard InChI is InChI=1S/C34H67N3O5/c1-8-9-10-11-12-13-14-15-16-17-18-19-20-21-22-24-27-35-30(38)29(37-32(40)42-34(5,6)7)26-23-25-28-36-31(39)41-33(2,3)4/h29H,8-28H2,1-7H3,(H,35,38)(H,36,39)(H,37,40)/t29-/m0/s1. The molecule has 0 heterocycles. The molecule has 42 heavy (non-hydrogen) atoms. The van der Waals surface area contributed by atoms with Crippen molar-refractivity contribution in [3.05, 3.63) is 0 Å². The van der Waals surface area contributed by atoms with Gasteiger partial charge >= 0.3 is 12.2 Å². The van der Waals surface area contributed by atoms with E-state index in [0.29, 0.717) is 32.4 Å². The van der Waals surface area contributed by atoms with E-state index in [0.717, 1.165) is 12.8 Å². The maximum Gasteiger partial charge on any atom is 0.408 e. The van der Waals surface area contributed by atoms with E-state index in [9.17, 15) is 14.4 Å². The largest absolute Gasteiger partial charge is 0.444 e. The lowest BCUT2D eigenvalue weighted by Gasteiger charge is -2.23. The molecule has 0 spiro atoms. The summed E-state index contributed by atoms with van der Waals surface area (Å²) in [5.74, 6) is -0.193. The minimum Gasteiger partial charge on any atom is -0.444 e. The van der Waals surface area contributed by atoms with Crippen LogP contribution in [0.3, 0.4) is 0 Å². The predicted molar refractivity (Wildman–Crippen MR) is 174 cm³/mol. The highest BCUT2D eigenvalue weighted by atomic mass is 16.6. The molecule has 8 nitrogen and oxygen atoms in total. The Morgan fingerprint density at radius 1 is 0.524 bits per heavy atom. The van der Waals surface area contributed by atoms with E-state index in [1.165, 1.54) is 89.9 Å². The highest BCUT2D eigenvalue weighted by molar-refractivity contribution is 5.85. The number of hydrogen-bond acceptors (Lipinski definition) is 5. The van der Waals surface area contributed by atoms with Crippen LogP contribution in [-0.4, -0.2) is 48.4 Å². The summed E-state index contributed by atoms with van der Waals surface area (Å²) in [6.45, 7) is 14.1. The summed E-state index contributed by atoms with van der Waals surface area (Å²) in [6, 6.07) is -0.678. The summed E-state index contributed by atoms with van der Waals surface area (Å²) in [5, 5.41) is 8.44. The second-order valence-electron chi connectivity index (χ2n) is 13.7. The second-order valence-corrected chi connectivity index (χ2v) is 13.7. The van der Waals surface area contributed by atoms with Crippen LogP contribution in [0.15, 0.2) is 0 Å². The van der Waals surface area contributed by atoms with E-state index < -0.39 is 29.4 Å². The molecule has 248 valence electrons. The summed E-state index contributed by atoms with van der Waals surface area (Å²) in [7, 11) is 0. The summed E-state index contributed by atoms with van der Waals surface area (Å²) in [6.07, 6.45) is 21.7. The fourth-order valence-electron chi connectivity index (χ4n) is 4.70. The van der Waals surface area contributed by atoms with Crippen molar-refractivity contribution in [3.8, 4) is 0 Å². The summed E-state index contributed by atoms with van der Waals surface area (Å²) >= 11 is 0. The normalized spacial score (nSPS) is 12.5. The van der Waals surface area contributed by atoms with Crippen LogP contribution in [0.4, 0.5) is 9.59 Å². The van der Waals surface area contributed by atoms with E-state index in [1.54, 1.807) is 20.8 Å². The molecule has 0 radical (unpaired) electrons. The van der Waals surface area contributed by atoms with Gasteiger partial charge in [-0.3, -0.25) is 4.79 Å². The van der Waals surface area contributed by atoms with Crippen molar-refractivity contribution in [1.29, 1.82) is 0 Å². The van der Waals surface area contributed by atoms with Gasteiger partial charge in [0.05, 0.1) is 0 Å². The molecule has 0 rings (SSSR count). The third kappa shape index (κ3) is 28.1. The molecule has 0 aliphatic heterocycles. The van der Waals surface area contributed by atoms with Crippen molar-refractivity contribution in [2.45, 2.75) is 188 Å². The smallest absolute Gasteiger partial charge is 0.408 e. The molecule has 0 aliphatic carbocycles. The molecule has 3 N–H and O–H groups in total. The van der Waals surface area contributed by atoms with Gasteiger partial charge in [0, 0.05) is 13.1 Å². The van der Waals surface area contributed by atoms with E-state index in [1.807, 2.05) is 20.8 Å². The number of nitrogens with one attached hydrogen (secondary N) is 3. The summed E-state index contributed by atoms with van der Waals surface area (Å²) in [5.41, 5.74) is -1.19. The van der Waals surface area contributed by atoms with Gasteiger partial charge in [-0.25, -0.2) is 9.59 Å². The topological polar surface area (TPSA) is 106 Å². The van der Waals surface area contributed by atoms with Gasteiger partial charge in [0.15, 0.2) is 0 Å². The predicted octanol–water partition coefficient (Wildman–Crippen LogP) is 8.95. The molecule has 0 aromatic carbocycles. The number of unbranched alkanes of at least 4 members (excludes halogenated alkanes) is 16. The average molecular weight is 598 g/mol. The van der Waals surface area contributed by atoms with E-state index in [2.05, 4.69) is 22.9 Å². The van der Waals surface area contributed by atoms with Crippen molar-refractivity contribution in [2.75, 3.05) is 13.1 Å². The first-order valence-electron chi connectivity index (χ1n) is 17.1. The molecule has 0 saturated carbocycles. The number of carbonyl (C=O) groups excluding carboxylic acids is 3. The van der Waals surface area contributed by atoms with Gasteiger partial charge in [-0.1, -0.05) is 103 Å². The van der Waals surface area contributed by atoms with E-state index >= 15 is 0 Å². The summed E-state index contributed by atoms with van der Waals surface area (Å²) < 4.78 is 10.6. The van der Waals surface area contributed by atoms with Gasteiger partial charge in [-0.15, -0.1) is 0 Å². The minimum absolute atomic E-state index is 0.193. The molecule has 0 fully saturated rings. The van der Waals surface area contributed by atoms with E-state index in [-0.39, 0.29) is 5.91 Å². The fourth-order valence-corrected chi connectivity index (χ4v) is 4.70. The number of rotatable bonds is 24. The van der Waals surface area contributed by atoms with Crippen molar-refractivity contribution in [2.24, 2.45) is 0 Å². The lowest BCUT2D eigenvalue weighted by molar-refractivity contribution is -0.123. The third-order valence-corrected chi connectivity index (χ3v) is 6.92. The third-order valence-electron chi connectivity index (χ3n) is 6.92. The van der Waals surface area contributed by atoms with Gasteiger partial charge in [0.25, 0.3) is 0 Å². The first kappa shape index (κ1) is 40.0. The van der Waals surface area contributed by atoms with Gasteiger partial charge in [-0.05, 0) is 67.2 Å². The Labute approximate surface area is 258 Å². The number of ether oxygens (including phenoxy) is 2. The highest BCUT2D eigenvalue weighted by Crippen LogP contribution is 2.14. The van der Waals surface area contributed by atoms with Gasteiger partial charge in [0.2, 0.25) is 5.91 Å². The molecule has 8 heteroatoms. The molecule has 0 bridgehead atoms. The van der Waals surface area contributed by atoms with Gasteiger partial charge in [0.1, 0.15) is 17.2 Å². The van der Waals surface area contributed by atoms with Crippen LogP contribution in [0.1, 0.15) is 170 Å². The Kier molecular flexibility index (Phi) is 23.3. The van der Waals surface area contributed by atoms with Crippen LogP contribution >= 0.6 is 0 Å². The highest BCUT2D eigenvalue weighted by Gasteiger charge is 2.24. The minimum atomic E-state index is -0.678. The lowest BCUT2D eigenvalue weighted by atomic mass is 10.0. The molecule has 0 aromatic heterocycles. The number of amides is 3. The molecule has 0 aromatic rings. The molecule has 0 saturated heterocycles. The Hall–Kier alpha value is -1.99. The van der Waals surface area contributed by atoms with Crippen LogP contribution in [0, 0.1) is 0 Å². The van der Waals surface area contributed by atoms with Crippen molar-refractivity contribution >= 4 is 18.1 Å². The molecular weight excluding hydrogens is 530 g/mol. The van der Waals surface area contributed by atoms with Gasteiger partial charge in [-0.2, -0.15) is 0 Å². The Bertz CT molecular complexity index is 700. The zero-order chi connectivity index (χ0) is 31.7. The fraction of sp³-hybridized carbons (Fsp3) is 0.912. The van der Waals surface area contributed by atoms with E-state index in [4.69, 9.17) is 9.47 Å². The molecule has 0 unspecified atom stereocenters. The maximum atomic E-state index is 12.9. The van der Waals surface area contributed by atoms with Crippen molar-refractivity contribution in [1.82, 2.24) is 16.0 Å². The molecule has 3 amide bonds. The SMILES string of the molecule is CCCCCCCCCCCCCCCCCCNC(=O)[C@H](CCCCNC(=O)OC(C)(C)C)NC(=O)OC(C)(C)C. The first-order chi connectivity index (χ1) is 19.8. The monoisotopic (exact) mass is 598 g/mol. The lowest BCUT2D eigenvalue weighted by Crippen LogP contribution is -2.48. The quantitative estimate of drug-likeness (QED) is 0.0963. The van der Waals surface area contributed by atoms with Crippen LogP contribution in [0.2, 0.25) is 0 Å². The van der Waals surface area contributed by atoms with Crippen molar-refractivity contribution < 1.29 is 23.9 Å². The second kappa shape index (κ2) is 24.5. The first-order valence-corrected chi connectivity index (χ1v) is 17.1. The van der Waals surface area contributed by atoms with Crippen LogP contribution in [0.25, 0.3) is 0 Å². The Balaban J connectivity index is 4.09. The van der Waals surface area contributed by atoms with Crippen LogP contribution in [-0.2, 0) is 14.3 Å². The van der Waals surface area contributed by atoms with Crippen LogP contribution in [0.5, 0.6) is 0 Å². The zero-order valence-electron chi connectivity index (χ0n) is 28.5. The Morgan fingerprint density at radius 3 is 1.36 bits per heavy atom. The maximum absolute atomic E-state index is 12.9. The van der Waals surface area contributed by atoms with Gasteiger partial charge < -0.3 is 25.4 Å². The number of carbonyl (C=O) groups is 3. The van der Waals surface area contributed by atoms with Crippen molar-refractivity contribution in [3.63, 3.8) is 0 Å². The number of alkyl carbamates (subject to hydrolysis) is 2. The number of hydrogen-bond donors (Lipinski definition) is 3. The summed E-state index contributed by atoms with van der Waals surface area (Å²) in [4.78, 5) is 37.0. The zero-order valence-corrected chi connectivity index (χ0v) is 28.5.